The van der Waals surface area contributed by atoms with Crippen LogP contribution in [0.5, 0.6) is 0 Å². The molecule has 1 unspecified atom stereocenters. The Morgan fingerprint density at radius 1 is 1.38 bits per heavy atom. The summed E-state index contributed by atoms with van der Waals surface area (Å²) in [5.74, 6) is -0.148. The average molecular weight is 312 g/mol. The summed E-state index contributed by atoms with van der Waals surface area (Å²) in [6.07, 6.45) is 1.10. The maximum Gasteiger partial charge on any atom is 0.225 e. The van der Waals surface area contributed by atoms with Crippen molar-refractivity contribution in [2.24, 2.45) is 5.92 Å². The van der Waals surface area contributed by atoms with Crippen LogP contribution in [-0.2, 0) is 16.0 Å². The summed E-state index contributed by atoms with van der Waals surface area (Å²) in [6.45, 7) is 3.73. The monoisotopic (exact) mass is 311 g/mol. The second-order valence-electron chi connectivity index (χ2n) is 5.12. The molecular weight excluding hydrogens is 290 g/mol. The van der Waals surface area contributed by atoms with Gasteiger partial charge in [0, 0.05) is 31.7 Å². The van der Waals surface area contributed by atoms with Crippen LogP contribution in [0.15, 0.2) is 24.3 Å². The lowest BCUT2D eigenvalue weighted by atomic mass is 10.1. The molecule has 5 nitrogen and oxygen atoms in total. The first-order valence-corrected chi connectivity index (χ1v) is 7.00. The molecule has 2 amide bonds. The Morgan fingerprint density at radius 2 is 2.05 bits per heavy atom. The number of carbonyl (C=O) groups is 2. The number of nitrogens with zero attached hydrogens (tertiary/aromatic N) is 1. The third kappa shape index (κ3) is 4.63. The molecule has 0 bridgehead atoms. The van der Waals surface area contributed by atoms with E-state index >= 15 is 0 Å². The number of rotatable bonds is 5. The predicted molar refractivity (Wildman–Crippen MR) is 85.2 cm³/mol. The third-order valence-corrected chi connectivity index (χ3v) is 3.66. The molecule has 0 spiro atoms. The zero-order chi connectivity index (χ0) is 14.5. The minimum atomic E-state index is -0.200. The Balaban J connectivity index is 0.00000220. The Labute approximate surface area is 131 Å². The Bertz CT molecular complexity index is 490. The van der Waals surface area contributed by atoms with E-state index in [-0.39, 0.29) is 30.1 Å². The summed E-state index contributed by atoms with van der Waals surface area (Å²) in [7, 11) is 0. The topological polar surface area (TPSA) is 75.4 Å². The largest absolute Gasteiger partial charge is 0.399 e. The highest BCUT2D eigenvalue weighted by molar-refractivity contribution is 5.89. The Morgan fingerprint density at radius 3 is 2.62 bits per heavy atom. The fraction of sp³-hybridized carbons (Fsp3) is 0.467. The lowest BCUT2D eigenvalue weighted by molar-refractivity contribution is -0.128. The number of amides is 2. The minimum Gasteiger partial charge on any atom is -0.399 e. The zero-order valence-corrected chi connectivity index (χ0v) is 13.0. The SMILES string of the molecule is CCN1CC(C(=O)NCCc2ccc(N)cc2)CC1=O.Cl. The average Bonchev–Trinajstić information content (AvgIpc) is 2.82. The van der Waals surface area contributed by atoms with Crippen molar-refractivity contribution < 1.29 is 9.59 Å². The highest BCUT2D eigenvalue weighted by Crippen LogP contribution is 2.17. The molecule has 2 rings (SSSR count). The molecule has 0 aliphatic carbocycles. The Kier molecular flexibility index (Phi) is 6.49. The van der Waals surface area contributed by atoms with Crippen LogP contribution in [-0.4, -0.2) is 36.3 Å². The number of nitrogens with one attached hydrogen (secondary N) is 1. The molecule has 1 aliphatic heterocycles. The molecule has 0 aromatic heterocycles. The van der Waals surface area contributed by atoms with Gasteiger partial charge in [0.25, 0.3) is 0 Å². The number of anilines is 1. The van der Waals surface area contributed by atoms with E-state index in [1.54, 1.807) is 4.90 Å². The third-order valence-electron chi connectivity index (χ3n) is 3.66. The van der Waals surface area contributed by atoms with Gasteiger partial charge in [-0.05, 0) is 31.0 Å². The van der Waals surface area contributed by atoms with Crippen LogP contribution in [0.2, 0.25) is 0 Å². The van der Waals surface area contributed by atoms with Crippen LogP contribution >= 0.6 is 12.4 Å². The van der Waals surface area contributed by atoms with Crippen LogP contribution in [0.3, 0.4) is 0 Å². The zero-order valence-electron chi connectivity index (χ0n) is 12.2. The number of benzene rings is 1. The molecule has 1 atom stereocenters. The number of nitrogens with two attached hydrogens (primary N) is 1. The van der Waals surface area contributed by atoms with E-state index in [9.17, 15) is 9.59 Å². The molecular formula is C15H22ClN3O2. The van der Waals surface area contributed by atoms with Gasteiger partial charge in [-0.2, -0.15) is 0 Å². The van der Waals surface area contributed by atoms with Gasteiger partial charge in [0.15, 0.2) is 0 Å². The van der Waals surface area contributed by atoms with Gasteiger partial charge in [0.2, 0.25) is 11.8 Å². The molecule has 1 heterocycles. The molecule has 1 aromatic carbocycles. The van der Waals surface area contributed by atoms with E-state index in [0.717, 1.165) is 17.7 Å². The number of carbonyl (C=O) groups excluding carboxylic acids is 2. The molecule has 1 saturated heterocycles. The van der Waals surface area contributed by atoms with Gasteiger partial charge >= 0.3 is 0 Å². The fourth-order valence-corrected chi connectivity index (χ4v) is 2.41. The molecule has 21 heavy (non-hydrogen) atoms. The summed E-state index contributed by atoms with van der Waals surface area (Å²) < 4.78 is 0. The van der Waals surface area contributed by atoms with Gasteiger partial charge in [0.05, 0.1) is 5.92 Å². The van der Waals surface area contributed by atoms with Crippen molar-refractivity contribution in [1.82, 2.24) is 10.2 Å². The molecule has 6 heteroatoms. The molecule has 3 N–H and O–H groups in total. The lowest BCUT2D eigenvalue weighted by Gasteiger charge is -2.13. The molecule has 1 aromatic rings. The van der Waals surface area contributed by atoms with Crippen LogP contribution in [0.4, 0.5) is 5.69 Å². The number of hydrogen-bond acceptors (Lipinski definition) is 3. The number of nitrogen functional groups attached to an aromatic ring is 1. The predicted octanol–water partition coefficient (Wildman–Crippen LogP) is 1.22. The van der Waals surface area contributed by atoms with Crippen molar-refractivity contribution >= 4 is 29.9 Å². The van der Waals surface area contributed by atoms with Gasteiger partial charge in [-0.15, -0.1) is 12.4 Å². The van der Waals surface area contributed by atoms with Crippen molar-refractivity contribution in [3.05, 3.63) is 29.8 Å². The quantitative estimate of drug-likeness (QED) is 0.803. The molecule has 0 radical (unpaired) electrons. The van der Waals surface area contributed by atoms with Gasteiger partial charge < -0.3 is 16.0 Å². The highest BCUT2D eigenvalue weighted by Gasteiger charge is 2.32. The normalized spacial score (nSPS) is 17.5. The first-order valence-electron chi connectivity index (χ1n) is 7.00. The molecule has 1 fully saturated rings. The lowest BCUT2D eigenvalue weighted by Crippen LogP contribution is -2.34. The molecule has 116 valence electrons. The smallest absolute Gasteiger partial charge is 0.225 e. The van der Waals surface area contributed by atoms with E-state index < -0.39 is 0 Å². The van der Waals surface area contributed by atoms with Crippen molar-refractivity contribution in [2.75, 3.05) is 25.4 Å². The van der Waals surface area contributed by atoms with Crippen molar-refractivity contribution in [3.63, 3.8) is 0 Å². The number of likely N-dealkylation sites (tertiary alicyclic amines) is 1. The standard InChI is InChI=1S/C15H21N3O2.ClH/c1-2-18-10-12(9-14(18)19)15(20)17-8-7-11-3-5-13(16)6-4-11;/h3-6,12H,2,7-10,16H2,1H3,(H,17,20);1H. The highest BCUT2D eigenvalue weighted by atomic mass is 35.5. The maximum atomic E-state index is 12.0. The molecule has 1 aliphatic rings. The van der Waals surface area contributed by atoms with E-state index in [1.165, 1.54) is 0 Å². The van der Waals surface area contributed by atoms with E-state index in [0.29, 0.717) is 26.1 Å². The Hall–Kier alpha value is -1.75. The first-order chi connectivity index (χ1) is 9.60. The van der Waals surface area contributed by atoms with E-state index in [4.69, 9.17) is 5.73 Å². The van der Waals surface area contributed by atoms with Gasteiger partial charge in [0.1, 0.15) is 0 Å². The van der Waals surface area contributed by atoms with Crippen LogP contribution in [0.1, 0.15) is 18.9 Å². The summed E-state index contributed by atoms with van der Waals surface area (Å²) >= 11 is 0. The van der Waals surface area contributed by atoms with E-state index in [1.807, 2.05) is 31.2 Å². The second kappa shape index (κ2) is 7.88. The second-order valence-corrected chi connectivity index (χ2v) is 5.12. The first kappa shape index (κ1) is 17.3. The van der Waals surface area contributed by atoms with Gasteiger partial charge in [-0.3, -0.25) is 9.59 Å². The van der Waals surface area contributed by atoms with Crippen molar-refractivity contribution in [3.8, 4) is 0 Å². The van der Waals surface area contributed by atoms with Crippen molar-refractivity contribution in [1.29, 1.82) is 0 Å². The van der Waals surface area contributed by atoms with Crippen LogP contribution in [0, 0.1) is 5.92 Å². The number of halogens is 1. The summed E-state index contributed by atoms with van der Waals surface area (Å²) in [4.78, 5) is 25.3. The van der Waals surface area contributed by atoms with E-state index in [2.05, 4.69) is 5.32 Å². The van der Waals surface area contributed by atoms with Gasteiger partial charge in [-0.1, -0.05) is 12.1 Å². The van der Waals surface area contributed by atoms with Crippen LogP contribution in [0.25, 0.3) is 0 Å². The fourth-order valence-electron chi connectivity index (χ4n) is 2.41. The molecule has 0 saturated carbocycles. The van der Waals surface area contributed by atoms with Crippen LogP contribution < -0.4 is 11.1 Å². The number of hydrogen-bond donors (Lipinski definition) is 2. The minimum absolute atomic E-state index is 0. The van der Waals surface area contributed by atoms with Gasteiger partial charge in [-0.25, -0.2) is 0 Å². The summed E-state index contributed by atoms with van der Waals surface area (Å²) in [6, 6.07) is 7.62. The summed E-state index contributed by atoms with van der Waals surface area (Å²) in [5, 5.41) is 2.90. The van der Waals surface area contributed by atoms with Crippen molar-refractivity contribution in [2.45, 2.75) is 19.8 Å². The maximum absolute atomic E-state index is 12.0. The summed E-state index contributed by atoms with van der Waals surface area (Å²) in [5.41, 5.74) is 7.49.